The van der Waals surface area contributed by atoms with Crippen molar-refractivity contribution in [3.63, 3.8) is 0 Å². The van der Waals surface area contributed by atoms with Crippen LogP contribution in [0.5, 0.6) is 0 Å². The highest BCUT2D eigenvalue weighted by atomic mass is 16.4. The van der Waals surface area contributed by atoms with E-state index in [1.54, 1.807) is 0 Å². The zero-order chi connectivity index (χ0) is 8.43. The second-order valence-corrected chi connectivity index (χ2v) is 2.27. The SMILES string of the molecule is O=C(O)C1=NC(C(=O)O)CC1. The van der Waals surface area contributed by atoms with Crippen LogP contribution in [0, 0.1) is 0 Å². The van der Waals surface area contributed by atoms with Crippen molar-refractivity contribution >= 4 is 17.7 Å². The molecule has 0 saturated heterocycles. The Morgan fingerprint density at radius 2 is 2.09 bits per heavy atom. The van der Waals surface area contributed by atoms with E-state index in [0.29, 0.717) is 6.42 Å². The lowest BCUT2D eigenvalue weighted by Crippen LogP contribution is -2.14. The van der Waals surface area contributed by atoms with Gasteiger partial charge in [0.15, 0.2) is 0 Å². The number of rotatable bonds is 2. The van der Waals surface area contributed by atoms with Crippen molar-refractivity contribution in [2.24, 2.45) is 4.99 Å². The topological polar surface area (TPSA) is 87.0 Å². The minimum atomic E-state index is -1.12. The van der Waals surface area contributed by atoms with Gasteiger partial charge in [0.25, 0.3) is 0 Å². The number of aliphatic carboxylic acids is 2. The van der Waals surface area contributed by atoms with Crippen molar-refractivity contribution in [1.82, 2.24) is 0 Å². The van der Waals surface area contributed by atoms with Crippen molar-refractivity contribution in [3.05, 3.63) is 0 Å². The molecule has 0 amide bonds. The predicted molar refractivity (Wildman–Crippen MR) is 35.7 cm³/mol. The number of carboxylic acid groups (broad SMARTS) is 2. The number of hydrogen-bond donors (Lipinski definition) is 2. The molecule has 0 bridgehead atoms. The van der Waals surface area contributed by atoms with E-state index in [9.17, 15) is 9.59 Å². The Kier molecular flexibility index (Phi) is 1.89. The summed E-state index contributed by atoms with van der Waals surface area (Å²) in [7, 11) is 0. The van der Waals surface area contributed by atoms with Crippen molar-refractivity contribution in [2.75, 3.05) is 0 Å². The maximum absolute atomic E-state index is 10.3. The molecule has 2 N–H and O–H groups in total. The zero-order valence-corrected chi connectivity index (χ0v) is 5.65. The van der Waals surface area contributed by atoms with Gasteiger partial charge in [0.2, 0.25) is 0 Å². The fourth-order valence-electron chi connectivity index (χ4n) is 0.931. The smallest absolute Gasteiger partial charge is 0.349 e. The van der Waals surface area contributed by atoms with Crippen LogP contribution < -0.4 is 0 Å². The van der Waals surface area contributed by atoms with E-state index in [0.717, 1.165) is 0 Å². The minimum Gasteiger partial charge on any atom is -0.480 e. The van der Waals surface area contributed by atoms with Crippen LogP contribution in [0.4, 0.5) is 0 Å². The molecule has 0 radical (unpaired) electrons. The minimum absolute atomic E-state index is 0.0302. The maximum Gasteiger partial charge on any atom is 0.349 e. The van der Waals surface area contributed by atoms with Gasteiger partial charge in [-0.2, -0.15) is 0 Å². The van der Waals surface area contributed by atoms with E-state index in [1.807, 2.05) is 0 Å². The molecule has 11 heavy (non-hydrogen) atoms. The molecule has 1 aliphatic rings. The van der Waals surface area contributed by atoms with Crippen molar-refractivity contribution in [2.45, 2.75) is 18.9 Å². The molecule has 1 atom stereocenters. The van der Waals surface area contributed by atoms with Crippen LogP contribution in [0.15, 0.2) is 4.99 Å². The third-order valence-electron chi connectivity index (χ3n) is 1.50. The Bertz CT molecular complexity index is 233. The third-order valence-corrected chi connectivity index (χ3v) is 1.50. The fraction of sp³-hybridized carbons (Fsp3) is 0.500. The Balaban J connectivity index is 2.68. The molecule has 60 valence electrons. The van der Waals surface area contributed by atoms with Crippen LogP contribution in [0.25, 0.3) is 0 Å². The predicted octanol–water partition coefficient (Wildman–Crippen LogP) is -0.241. The molecule has 5 nitrogen and oxygen atoms in total. The zero-order valence-electron chi connectivity index (χ0n) is 5.65. The number of nitrogens with zero attached hydrogens (tertiary/aromatic N) is 1. The van der Waals surface area contributed by atoms with Gasteiger partial charge in [-0.25, -0.2) is 9.59 Å². The molecule has 0 aliphatic carbocycles. The van der Waals surface area contributed by atoms with E-state index in [1.165, 1.54) is 0 Å². The van der Waals surface area contributed by atoms with Gasteiger partial charge in [-0.1, -0.05) is 0 Å². The Morgan fingerprint density at radius 3 is 2.36 bits per heavy atom. The van der Waals surface area contributed by atoms with Gasteiger partial charge in [-0.05, 0) is 12.8 Å². The summed E-state index contributed by atoms with van der Waals surface area (Å²) in [6.45, 7) is 0. The van der Waals surface area contributed by atoms with Crippen LogP contribution in [-0.2, 0) is 9.59 Å². The van der Waals surface area contributed by atoms with Gasteiger partial charge in [-0.15, -0.1) is 0 Å². The number of carboxylic acids is 2. The largest absolute Gasteiger partial charge is 0.480 e. The molecular formula is C6H7NO4. The summed E-state index contributed by atoms with van der Waals surface area (Å²) in [5.74, 6) is -2.17. The second-order valence-electron chi connectivity index (χ2n) is 2.27. The quantitative estimate of drug-likeness (QED) is 0.579. The van der Waals surface area contributed by atoms with Gasteiger partial charge >= 0.3 is 11.9 Å². The van der Waals surface area contributed by atoms with Gasteiger partial charge in [-0.3, -0.25) is 4.99 Å². The second kappa shape index (κ2) is 2.69. The molecule has 0 saturated carbocycles. The van der Waals surface area contributed by atoms with Crippen LogP contribution in [0.1, 0.15) is 12.8 Å². The lowest BCUT2D eigenvalue weighted by atomic mass is 10.2. The molecule has 1 rings (SSSR count). The van der Waals surface area contributed by atoms with E-state index >= 15 is 0 Å². The van der Waals surface area contributed by atoms with E-state index in [2.05, 4.69) is 4.99 Å². The van der Waals surface area contributed by atoms with E-state index in [4.69, 9.17) is 10.2 Å². The molecule has 5 heteroatoms. The maximum atomic E-state index is 10.3. The normalized spacial score (nSPS) is 22.9. The summed E-state index contributed by atoms with van der Waals surface area (Å²) in [5, 5.41) is 16.8. The van der Waals surface area contributed by atoms with Crippen LogP contribution >= 0.6 is 0 Å². The summed E-state index contributed by atoms with van der Waals surface area (Å²) in [4.78, 5) is 24.0. The Labute approximate surface area is 62.4 Å². The summed E-state index contributed by atoms with van der Waals surface area (Å²) >= 11 is 0. The monoisotopic (exact) mass is 157 g/mol. The lowest BCUT2D eigenvalue weighted by molar-refractivity contribution is -0.138. The summed E-state index contributed by atoms with van der Waals surface area (Å²) in [6.07, 6.45) is 0.559. The molecule has 0 fully saturated rings. The van der Waals surface area contributed by atoms with E-state index in [-0.39, 0.29) is 12.1 Å². The summed E-state index contributed by atoms with van der Waals surface area (Å²) < 4.78 is 0. The third kappa shape index (κ3) is 1.54. The van der Waals surface area contributed by atoms with Crippen molar-refractivity contribution < 1.29 is 19.8 Å². The summed E-state index contributed by atoms with van der Waals surface area (Å²) in [5.41, 5.74) is -0.0302. The van der Waals surface area contributed by atoms with Gasteiger partial charge < -0.3 is 10.2 Å². The van der Waals surface area contributed by atoms with Gasteiger partial charge in [0.05, 0.1) is 0 Å². The van der Waals surface area contributed by atoms with E-state index < -0.39 is 18.0 Å². The number of carbonyl (C=O) groups is 2. The van der Waals surface area contributed by atoms with Crippen LogP contribution in [0.3, 0.4) is 0 Å². The van der Waals surface area contributed by atoms with Crippen molar-refractivity contribution in [1.29, 1.82) is 0 Å². The molecule has 0 spiro atoms. The number of hydrogen-bond acceptors (Lipinski definition) is 3. The highest BCUT2D eigenvalue weighted by Gasteiger charge is 2.26. The molecule has 0 aromatic rings. The average Bonchev–Trinajstić information content (AvgIpc) is 2.33. The summed E-state index contributed by atoms with van der Waals surface area (Å²) in [6, 6.07) is -0.846. The molecule has 1 heterocycles. The first-order valence-corrected chi connectivity index (χ1v) is 3.14. The average molecular weight is 157 g/mol. The van der Waals surface area contributed by atoms with Crippen LogP contribution in [0.2, 0.25) is 0 Å². The highest BCUT2D eigenvalue weighted by Crippen LogP contribution is 2.13. The fourth-order valence-corrected chi connectivity index (χ4v) is 0.931. The van der Waals surface area contributed by atoms with Crippen LogP contribution in [-0.4, -0.2) is 33.9 Å². The van der Waals surface area contributed by atoms with Gasteiger partial charge in [0.1, 0.15) is 11.8 Å². The lowest BCUT2D eigenvalue weighted by Gasteiger charge is -1.94. The Hall–Kier alpha value is -1.39. The molecule has 1 aliphatic heterocycles. The molecule has 1 unspecified atom stereocenters. The van der Waals surface area contributed by atoms with Crippen molar-refractivity contribution in [3.8, 4) is 0 Å². The highest BCUT2D eigenvalue weighted by molar-refractivity contribution is 6.36. The molecular weight excluding hydrogens is 150 g/mol. The number of aliphatic imine (C=N–C) groups is 1. The molecule has 0 aromatic carbocycles. The molecule has 0 aromatic heterocycles. The Morgan fingerprint density at radius 1 is 1.45 bits per heavy atom. The van der Waals surface area contributed by atoms with Gasteiger partial charge in [0, 0.05) is 0 Å². The standard InChI is InChI=1S/C6H7NO4/c8-5(9)3-1-2-4(7-3)6(10)11/h3H,1-2H2,(H,8,9)(H,10,11). The first-order chi connectivity index (χ1) is 5.11. The first-order valence-electron chi connectivity index (χ1n) is 3.14. The first kappa shape index (κ1) is 7.71.